The number of rotatable bonds is 4. The van der Waals surface area contributed by atoms with Crippen molar-refractivity contribution in [3.05, 3.63) is 28.5 Å². The topological polar surface area (TPSA) is 59.5 Å². The fourth-order valence-electron chi connectivity index (χ4n) is 1.52. The van der Waals surface area contributed by atoms with Crippen LogP contribution in [0.3, 0.4) is 0 Å². The fraction of sp³-hybridized carbons (Fsp3) is 0.417. The van der Waals surface area contributed by atoms with Crippen LogP contribution < -0.4 is 0 Å². The normalized spacial score (nSPS) is 11.8. The van der Waals surface area contributed by atoms with Gasteiger partial charge in [-0.3, -0.25) is 14.6 Å². The number of hydrogen-bond acceptors (Lipinski definition) is 4. The average Bonchev–Trinajstić information content (AvgIpc) is 2.36. The van der Waals surface area contributed by atoms with Gasteiger partial charge in [0.25, 0.3) is 5.91 Å². The van der Waals surface area contributed by atoms with E-state index in [4.69, 9.17) is 0 Å². The maximum absolute atomic E-state index is 12.1. The maximum atomic E-state index is 12.1. The van der Waals surface area contributed by atoms with Gasteiger partial charge >= 0.3 is 5.97 Å². The van der Waals surface area contributed by atoms with E-state index in [1.165, 1.54) is 18.2 Å². The summed E-state index contributed by atoms with van der Waals surface area (Å²) >= 11 is 3.26. The van der Waals surface area contributed by atoms with Gasteiger partial charge < -0.3 is 9.64 Å². The van der Waals surface area contributed by atoms with Crippen molar-refractivity contribution in [2.75, 3.05) is 20.7 Å². The molecule has 98 valence electrons. The van der Waals surface area contributed by atoms with Crippen LogP contribution in [0.4, 0.5) is 0 Å². The van der Waals surface area contributed by atoms with Crippen LogP contribution in [0.15, 0.2) is 22.9 Å². The molecule has 1 aromatic rings. The lowest BCUT2D eigenvalue weighted by molar-refractivity contribution is -0.145. The van der Waals surface area contributed by atoms with Crippen LogP contribution in [-0.2, 0) is 9.53 Å². The van der Waals surface area contributed by atoms with Gasteiger partial charge in [-0.2, -0.15) is 0 Å². The number of ether oxygens (including phenoxy) is 1. The molecule has 1 heterocycles. The van der Waals surface area contributed by atoms with Gasteiger partial charge in [0.05, 0.1) is 18.6 Å². The molecule has 5 nitrogen and oxygen atoms in total. The van der Waals surface area contributed by atoms with Crippen LogP contribution >= 0.6 is 15.9 Å². The third kappa shape index (κ3) is 3.80. The second-order valence-electron chi connectivity index (χ2n) is 4.00. The Hall–Kier alpha value is -1.43. The van der Waals surface area contributed by atoms with Gasteiger partial charge in [-0.15, -0.1) is 0 Å². The summed E-state index contributed by atoms with van der Waals surface area (Å²) in [5, 5.41) is 0. The summed E-state index contributed by atoms with van der Waals surface area (Å²) in [5.41, 5.74) is 0.476. The number of methoxy groups -OCH3 is 1. The molecule has 1 rings (SSSR count). The van der Waals surface area contributed by atoms with Gasteiger partial charge in [-0.05, 0) is 22.0 Å². The highest BCUT2D eigenvalue weighted by Gasteiger charge is 2.19. The second kappa shape index (κ2) is 6.49. The largest absolute Gasteiger partial charge is 0.469 e. The van der Waals surface area contributed by atoms with Gasteiger partial charge in [0.2, 0.25) is 0 Å². The molecule has 0 aliphatic carbocycles. The van der Waals surface area contributed by atoms with E-state index < -0.39 is 0 Å². The third-order valence-corrected chi connectivity index (χ3v) is 2.88. The summed E-state index contributed by atoms with van der Waals surface area (Å²) in [6.07, 6.45) is 3.10. The average molecular weight is 315 g/mol. The molecule has 1 atom stereocenters. The lowest BCUT2D eigenvalue weighted by Gasteiger charge is -2.20. The summed E-state index contributed by atoms with van der Waals surface area (Å²) in [6, 6.07) is 1.69. The number of hydrogen-bond donors (Lipinski definition) is 0. The molecule has 0 saturated carbocycles. The number of halogens is 1. The van der Waals surface area contributed by atoms with Gasteiger partial charge in [0.1, 0.15) is 0 Å². The third-order valence-electron chi connectivity index (χ3n) is 2.45. The van der Waals surface area contributed by atoms with Gasteiger partial charge in [-0.1, -0.05) is 6.92 Å². The Morgan fingerprint density at radius 2 is 2.17 bits per heavy atom. The minimum Gasteiger partial charge on any atom is -0.469 e. The second-order valence-corrected chi connectivity index (χ2v) is 4.92. The first-order valence-electron chi connectivity index (χ1n) is 5.39. The van der Waals surface area contributed by atoms with Crippen molar-refractivity contribution in [3.63, 3.8) is 0 Å². The molecule has 18 heavy (non-hydrogen) atoms. The number of esters is 1. The zero-order valence-corrected chi connectivity index (χ0v) is 12.1. The van der Waals surface area contributed by atoms with Crippen LogP contribution in [0, 0.1) is 5.92 Å². The molecule has 1 amide bonds. The van der Waals surface area contributed by atoms with E-state index in [0.29, 0.717) is 12.1 Å². The Kier molecular flexibility index (Phi) is 5.27. The van der Waals surface area contributed by atoms with Crippen molar-refractivity contribution in [2.45, 2.75) is 6.92 Å². The molecule has 0 aromatic carbocycles. The zero-order chi connectivity index (χ0) is 13.7. The monoisotopic (exact) mass is 314 g/mol. The van der Waals surface area contributed by atoms with E-state index in [1.54, 1.807) is 26.2 Å². The summed E-state index contributed by atoms with van der Waals surface area (Å²) in [7, 11) is 2.97. The number of carbonyl (C=O) groups is 2. The van der Waals surface area contributed by atoms with Crippen molar-refractivity contribution < 1.29 is 14.3 Å². The molecule has 6 heteroatoms. The quantitative estimate of drug-likeness (QED) is 0.794. The van der Waals surface area contributed by atoms with Crippen LogP contribution in [0.25, 0.3) is 0 Å². The van der Waals surface area contributed by atoms with E-state index in [-0.39, 0.29) is 17.8 Å². The Labute approximate surface area is 114 Å². The van der Waals surface area contributed by atoms with Gasteiger partial charge in [0, 0.05) is 30.5 Å². The van der Waals surface area contributed by atoms with Crippen LogP contribution in [-0.4, -0.2) is 42.5 Å². The lowest BCUT2D eigenvalue weighted by Crippen LogP contribution is -2.34. The molecule has 0 aliphatic heterocycles. The smallest absolute Gasteiger partial charge is 0.310 e. The van der Waals surface area contributed by atoms with Gasteiger partial charge in [-0.25, -0.2) is 0 Å². The number of nitrogens with zero attached hydrogens (tertiary/aromatic N) is 2. The Morgan fingerprint density at radius 3 is 2.72 bits per heavy atom. The summed E-state index contributed by atoms with van der Waals surface area (Å²) in [4.78, 5) is 28.7. The standard InChI is InChI=1S/C12H15BrN2O3/c1-8(12(17)18-3)7-15(2)11(16)9-4-10(13)6-14-5-9/h4-6,8H,7H2,1-3H3. The Balaban J connectivity index is 2.70. The Bertz CT molecular complexity index is 451. The van der Waals surface area contributed by atoms with Crippen LogP contribution in [0.1, 0.15) is 17.3 Å². The first-order valence-corrected chi connectivity index (χ1v) is 6.19. The van der Waals surface area contributed by atoms with Crippen molar-refractivity contribution >= 4 is 27.8 Å². The van der Waals surface area contributed by atoms with Crippen LogP contribution in [0.2, 0.25) is 0 Å². The molecule has 0 bridgehead atoms. The molecule has 1 unspecified atom stereocenters. The predicted molar refractivity (Wildman–Crippen MR) is 70.1 cm³/mol. The van der Waals surface area contributed by atoms with Crippen molar-refractivity contribution in [2.24, 2.45) is 5.92 Å². The first kappa shape index (κ1) is 14.6. The Morgan fingerprint density at radius 1 is 1.50 bits per heavy atom. The number of amides is 1. The van der Waals surface area contributed by atoms with E-state index in [9.17, 15) is 9.59 Å². The van der Waals surface area contributed by atoms with Crippen molar-refractivity contribution in [1.29, 1.82) is 0 Å². The zero-order valence-electron chi connectivity index (χ0n) is 10.5. The van der Waals surface area contributed by atoms with Crippen molar-refractivity contribution in [3.8, 4) is 0 Å². The van der Waals surface area contributed by atoms with E-state index in [2.05, 4.69) is 25.7 Å². The molecule has 0 fully saturated rings. The highest BCUT2D eigenvalue weighted by molar-refractivity contribution is 9.10. The first-order chi connectivity index (χ1) is 8.45. The summed E-state index contributed by atoms with van der Waals surface area (Å²) in [5.74, 6) is -0.870. The number of pyridine rings is 1. The molecule has 0 saturated heterocycles. The summed E-state index contributed by atoms with van der Waals surface area (Å²) in [6.45, 7) is 2.02. The van der Waals surface area contributed by atoms with E-state index in [0.717, 1.165) is 4.47 Å². The number of aromatic nitrogens is 1. The summed E-state index contributed by atoms with van der Waals surface area (Å²) < 4.78 is 5.36. The SMILES string of the molecule is COC(=O)C(C)CN(C)C(=O)c1cncc(Br)c1. The lowest BCUT2D eigenvalue weighted by atomic mass is 10.1. The molecule has 0 radical (unpaired) electrons. The van der Waals surface area contributed by atoms with Crippen LogP contribution in [0.5, 0.6) is 0 Å². The number of carbonyl (C=O) groups excluding carboxylic acids is 2. The highest BCUT2D eigenvalue weighted by Crippen LogP contribution is 2.12. The molecular weight excluding hydrogens is 300 g/mol. The molecule has 0 spiro atoms. The highest BCUT2D eigenvalue weighted by atomic mass is 79.9. The molecule has 0 aliphatic rings. The molecule has 1 aromatic heterocycles. The van der Waals surface area contributed by atoms with E-state index >= 15 is 0 Å². The predicted octanol–water partition coefficient (Wildman–Crippen LogP) is 1.73. The van der Waals surface area contributed by atoms with E-state index in [1.807, 2.05) is 0 Å². The molecule has 0 N–H and O–H groups in total. The minimum absolute atomic E-state index is 0.181. The molecular formula is C12H15BrN2O3. The van der Waals surface area contributed by atoms with Crippen molar-refractivity contribution in [1.82, 2.24) is 9.88 Å². The fourth-order valence-corrected chi connectivity index (χ4v) is 1.88. The minimum atomic E-state index is -0.357. The van der Waals surface area contributed by atoms with Gasteiger partial charge in [0.15, 0.2) is 0 Å². The maximum Gasteiger partial charge on any atom is 0.310 e.